The van der Waals surface area contributed by atoms with Gasteiger partial charge in [-0.15, -0.1) is 0 Å². The van der Waals surface area contributed by atoms with E-state index in [-0.39, 0.29) is 23.6 Å². The van der Waals surface area contributed by atoms with Crippen LogP contribution in [0.5, 0.6) is 0 Å². The van der Waals surface area contributed by atoms with Crippen molar-refractivity contribution in [1.82, 2.24) is 24.4 Å². The maximum Gasteiger partial charge on any atom is 0.220 e. The second-order valence-corrected chi connectivity index (χ2v) is 9.04. The number of anilines is 1. The molecule has 2 fully saturated rings. The molecule has 4 heterocycles. The summed E-state index contributed by atoms with van der Waals surface area (Å²) < 4.78 is 22.0. The third-order valence-electron chi connectivity index (χ3n) is 6.50. The largest absolute Gasteiger partial charge is 0.383 e. The highest BCUT2D eigenvalue weighted by atomic mass is 19.1. The van der Waals surface area contributed by atoms with Crippen molar-refractivity contribution in [2.75, 3.05) is 39.1 Å². The third kappa shape index (κ3) is 4.29. The molecule has 1 aliphatic heterocycles. The monoisotopic (exact) mass is 450 g/mol. The molecule has 1 aliphatic carbocycles. The molecule has 1 atom stereocenters. The molecule has 9 heteroatoms. The summed E-state index contributed by atoms with van der Waals surface area (Å²) >= 11 is 0. The zero-order valence-corrected chi connectivity index (χ0v) is 18.8. The minimum absolute atomic E-state index is 0.0104. The summed E-state index contributed by atoms with van der Waals surface area (Å²) in [6.45, 7) is 5.03. The second-order valence-electron chi connectivity index (χ2n) is 9.04. The summed E-state index contributed by atoms with van der Waals surface area (Å²) in [5.41, 5.74) is 6.88. The van der Waals surface area contributed by atoms with Gasteiger partial charge in [-0.25, -0.2) is 19.3 Å². The first-order chi connectivity index (χ1) is 15.9. The lowest BCUT2D eigenvalue weighted by Crippen LogP contribution is -2.48. The molecule has 3 N–H and O–H groups in total. The number of nitrogens with zero attached hydrogens (tertiary/aromatic N) is 5. The molecule has 2 aliphatic rings. The lowest BCUT2D eigenvalue weighted by molar-refractivity contribution is 0.0715. The van der Waals surface area contributed by atoms with E-state index in [1.54, 1.807) is 20.2 Å². The van der Waals surface area contributed by atoms with Crippen LogP contribution in [0.2, 0.25) is 0 Å². The number of fused-ring (bicyclic) bond motifs is 1. The first-order valence-corrected chi connectivity index (χ1v) is 11.1. The van der Waals surface area contributed by atoms with Crippen LogP contribution in [0.1, 0.15) is 31.5 Å². The lowest BCUT2D eigenvalue weighted by Gasteiger charge is -2.40. The fraction of sp³-hybridized carbons (Fsp3) is 0.458. The quantitative estimate of drug-likeness (QED) is 0.555. The number of halogens is 1. The van der Waals surface area contributed by atoms with E-state index in [0.717, 1.165) is 49.6 Å². The van der Waals surface area contributed by atoms with Gasteiger partial charge in [-0.3, -0.25) is 4.90 Å². The highest BCUT2D eigenvalue weighted by Crippen LogP contribution is 2.39. The third-order valence-corrected chi connectivity index (χ3v) is 6.50. The molecule has 0 amide bonds. The van der Waals surface area contributed by atoms with Crippen LogP contribution in [0, 0.1) is 23.6 Å². The maximum atomic E-state index is 14.7. The molecule has 3 aromatic heterocycles. The SMILES string of the molecule is COCCN1CC(n2cc(-c3nc(N)ncc3F)c3cc(C#CC(C)(O)C4CC4)ncc32)C1. The molecule has 172 valence electrons. The molecule has 3 aromatic rings. The van der Waals surface area contributed by atoms with E-state index >= 15 is 0 Å². The number of hydrogen-bond acceptors (Lipinski definition) is 7. The molecule has 33 heavy (non-hydrogen) atoms. The summed E-state index contributed by atoms with van der Waals surface area (Å²) in [5, 5.41) is 11.3. The predicted molar refractivity (Wildman–Crippen MR) is 123 cm³/mol. The van der Waals surface area contributed by atoms with Crippen molar-refractivity contribution in [2.45, 2.75) is 31.4 Å². The fourth-order valence-corrected chi connectivity index (χ4v) is 4.34. The number of aromatic nitrogens is 4. The van der Waals surface area contributed by atoms with Crippen molar-refractivity contribution in [3.05, 3.63) is 36.2 Å². The van der Waals surface area contributed by atoms with Gasteiger partial charge in [-0.1, -0.05) is 5.92 Å². The van der Waals surface area contributed by atoms with Crippen molar-refractivity contribution < 1.29 is 14.2 Å². The smallest absolute Gasteiger partial charge is 0.220 e. The van der Waals surface area contributed by atoms with Crippen LogP contribution < -0.4 is 5.73 Å². The number of pyridine rings is 1. The van der Waals surface area contributed by atoms with Gasteiger partial charge < -0.3 is 20.1 Å². The van der Waals surface area contributed by atoms with E-state index < -0.39 is 11.4 Å². The van der Waals surface area contributed by atoms with Crippen LogP contribution in [-0.2, 0) is 4.74 Å². The Morgan fingerprint density at radius 2 is 2.09 bits per heavy atom. The van der Waals surface area contributed by atoms with Gasteiger partial charge in [0.2, 0.25) is 5.95 Å². The lowest BCUT2D eigenvalue weighted by atomic mass is 10.0. The molecule has 8 nitrogen and oxygen atoms in total. The van der Waals surface area contributed by atoms with Crippen LogP contribution in [0.15, 0.2) is 24.7 Å². The summed E-state index contributed by atoms with van der Waals surface area (Å²) in [6, 6.07) is 2.06. The molecular formula is C24H27FN6O2. The van der Waals surface area contributed by atoms with Gasteiger partial charge in [0.25, 0.3) is 0 Å². The molecule has 0 spiro atoms. The Morgan fingerprint density at radius 3 is 2.82 bits per heavy atom. The van der Waals surface area contributed by atoms with E-state index in [1.807, 2.05) is 12.3 Å². The van der Waals surface area contributed by atoms with Gasteiger partial charge in [-0.05, 0) is 37.7 Å². The Morgan fingerprint density at radius 1 is 1.30 bits per heavy atom. The van der Waals surface area contributed by atoms with Crippen molar-refractivity contribution in [3.8, 4) is 23.1 Å². The molecule has 1 saturated carbocycles. The van der Waals surface area contributed by atoms with E-state index in [9.17, 15) is 9.50 Å². The molecule has 1 unspecified atom stereocenters. The van der Waals surface area contributed by atoms with Gasteiger partial charge in [0, 0.05) is 43.9 Å². The normalized spacial score (nSPS) is 18.5. The van der Waals surface area contributed by atoms with Crippen LogP contribution in [0.4, 0.5) is 10.3 Å². The first-order valence-electron chi connectivity index (χ1n) is 11.1. The Kier molecular flexibility index (Phi) is 5.52. The van der Waals surface area contributed by atoms with E-state index in [4.69, 9.17) is 10.5 Å². The molecule has 0 radical (unpaired) electrons. The van der Waals surface area contributed by atoms with Gasteiger partial charge in [0.15, 0.2) is 5.82 Å². The minimum Gasteiger partial charge on any atom is -0.383 e. The number of methoxy groups -OCH3 is 1. The Balaban J connectivity index is 1.55. The second kappa shape index (κ2) is 8.37. The van der Waals surface area contributed by atoms with Gasteiger partial charge >= 0.3 is 0 Å². The fourth-order valence-electron chi connectivity index (χ4n) is 4.34. The van der Waals surface area contributed by atoms with Crippen LogP contribution in [0.3, 0.4) is 0 Å². The van der Waals surface area contributed by atoms with Crippen LogP contribution in [0.25, 0.3) is 22.2 Å². The van der Waals surface area contributed by atoms with E-state index in [1.165, 1.54) is 0 Å². The predicted octanol–water partition coefficient (Wildman–Crippen LogP) is 2.23. The Labute approximate surface area is 191 Å². The van der Waals surface area contributed by atoms with Crippen molar-refractivity contribution in [2.24, 2.45) is 5.92 Å². The Bertz CT molecular complexity index is 1250. The summed E-state index contributed by atoms with van der Waals surface area (Å²) in [4.78, 5) is 14.7. The molecular weight excluding hydrogens is 423 g/mol. The molecule has 1 saturated heterocycles. The molecule has 5 rings (SSSR count). The van der Waals surface area contributed by atoms with Crippen LogP contribution >= 0.6 is 0 Å². The highest BCUT2D eigenvalue weighted by molar-refractivity contribution is 5.95. The molecule has 0 bridgehead atoms. The highest BCUT2D eigenvalue weighted by Gasteiger charge is 2.38. The van der Waals surface area contributed by atoms with Gasteiger partial charge in [-0.2, -0.15) is 0 Å². The number of ether oxygens (including phenoxy) is 1. The first kappa shape index (κ1) is 21.8. The number of nitrogens with two attached hydrogens (primary N) is 1. The van der Waals surface area contributed by atoms with Crippen molar-refractivity contribution >= 4 is 16.9 Å². The summed E-state index contributed by atoms with van der Waals surface area (Å²) in [6.07, 6.45) is 6.73. The van der Waals surface area contributed by atoms with Gasteiger partial charge in [0.1, 0.15) is 17.0 Å². The van der Waals surface area contributed by atoms with Gasteiger partial charge in [0.05, 0.1) is 30.6 Å². The zero-order valence-electron chi connectivity index (χ0n) is 18.8. The van der Waals surface area contributed by atoms with Crippen LogP contribution in [-0.4, -0.2) is 68.5 Å². The minimum atomic E-state index is -1.03. The molecule has 0 aromatic carbocycles. The zero-order chi connectivity index (χ0) is 23.2. The number of hydrogen-bond donors (Lipinski definition) is 2. The number of likely N-dealkylation sites (tertiary alicyclic amines) is 1. The van der Waals surface area contributed by atoms with Crippen molar-refractivity contribution in [1.29, 1.82) is 0 Å². The summed E-state index contributed by atoms with van der Waals surface area (Å²) in [5.74, 6) is 5.64. The van der Waals surface area contributed by atoms with E-state index in [0.29, 0.717) is 17.9 Å². The topological polar surface area (TPSA) is 102 Å². The number of aliphatic hydroxyl groups is 1. The van der Waals surface area contributed by atoms with E-state index in [2.05, 4.69) is 36.3 Å². The number of rotatable bonds is 6. The average molecular weight is 451 g/mol. The Hall–Kier alpha value is -3.06. The summed E-state index contributed by atoms with van der Waals surface area (Å²) in [7, 11) is 1.70. The standard InChI is InChI=1S/C24H27FN6O2/c1-24(32,15-3-4-15)6-5-16-9-18-19(22-20(25)10-28-23(26)29-22)14-31(21(18)11-27-16)17-12-30(13-17)7-8-33-2/h9-11,14-15,17,32H,3-4,7-8,12-13H2,1-2H3,(H2,26,28,29). The maximum absolute atomic E-state index is 14.7. The average Bonchev–Trinajstić information content (AvgIpc) is 3.57. The number of nitrogen functional groups attached to an aromatic ring is 1. The van der Waals surface area contributed by atoms with Crippen molar-refractivity contribution in [3.63, 3.8) is 0 Å².